The minimum absolute atomic E-state index is 0. The Balaban J connectivity index is 0.00000392. The van der Waals surface area contributed by atoms with Gasteiger partial charge in [0.1, 0.15) is 0 Å². The number of aryl methyl sites for hydroxylation is 1. The number of nitrogens with one attached hydrogen (secondary N) is 3. The van der Waals surface area contributed by atoms with Crippen molar-refractivity contribution >= 4 is 53.1 Å². The first kappa shape index (κ1) is 24.9. The lowest BCUT2D eigenvalue weighted by molar-refractivity contribution is -0.116. The van der Waals surface area contributed by atoms with Gasteiger partial charge in [-0.1, -0.05) is 17.7 Å². The highest BCUT2D eigenvalue weighted by Gasteiger charge is 2.10. The van der Waals surface area contributed by atoms with E-state index in [1.807, 2.05) is 32.0 Å². The van der Waals surface area contributed by atoms with Gasteiger partial charge in [-0.05, 0) is 31.5 Å². The van der Waals surface area contributed by atoms with Crippen LogP contribution in [0.2, 0.25) is 5.02 Å². The quantitative estimate of drug-likeness (QED) is 0.277. The summed E-state index contributed by atoms with van der Waals surface area (Å²) in [5.41, 5.74) is 1.70. The maximum atomic E-state index is 12.1. The van der Waals surface area contributed by atoms with Crippen LogP contribution in [0.1, 0.15) is 18.9 Å². The molecule has 0 radical (unpaired) electrons. The molecule has 1 aromatic carbocycles. The molecule has 9 heteroatoms. The number of rotatable bonds is 8. The Kier molecular flexibility index (Phi) is 12.4. The van der Waals surface area contributed by atoms with E-state index in [1.165, 1.54) is 0 Å². The zero-order valence-corrected chi connectivity index (χ0v) is 19.7. The third kappa shape index (κ3) is 9.40. The summed E-state index contributed by atoms with van der Waals surface area (Å²) >= 11 is 6.15. The first-order chi connectivity index (χ1) is 13.1. The Bertz CT molecular complexity index is 639. The summed E-state index contributed by atoms with van der Waals surface area (Å²) in [5.74, 6) is 0.643. The fourth-order valence-electron chi connectivity index (χ4n) is 2.70. The average molecular weight is 524 g/mol. The largest absolute Gasteiger partial charge is 0.379 e. The molecule has 158 valence electrons. The van der Waals surface area contributed by atoms with E-state index >= 15 is 0 Å². The van der Waals surface area contributed by atoms with E-state index in [4.69, 9.17) is 16.3 Å². The van der Waals surface area contributed by atoms with Crippen molar-refractivity contribution in [1.82, 2.24) is 15.5 Å². The van der Waals surface area contributed by atoms with Gasteiger partial charge in [0.05, 0.1) is 30.5 Å². The second kappa shape index (κ2) is 14.0. The number of hydrogen-bond acceptors (Lipinski definition) is 4. The smallest absolute Gasteiger partial charge is 0.226 e. The maximum absolute atomic E-state index is 12.1. The molecule has 7 nitrogen and oxygen atoms in total. The fourth-order valence-corrected chi connectivity index (χ4v) is 2.98. The van der Waals surface area contributed by atoms with Gasteiger partial charge in [0.25, 0.3) is 0 Å². The highest BCUT2D eigenvalue weighted by Crippen LogP contribution is 2.22. The van der Waals surface area contributed by atoms with Gasteiger partial charge in [-0.3, -0.25) is 14.7 Å². The number of guanidine groups is 1. The third-order valence-corrected chi connectivity index (χ3v) is 4.49. The second-order valence-electron chi connectivity index (χ2n) is 6.42. The molecule has 2 rings (SSSR count). The van der Waals surface area contributed by atoms with E-state index < -0.39 is 0 Å². The molecule has 0 spiro atoms. The third-order valence-electron chi connectivity index (χ3n) is 4.18. The van der Waals surface area contributed by atoms with Crippen LogP contribution in [0, 0.1) is 6.92 Å². The number of morpholine rings is 1. The van der Waals surface area contributed by atoms with Crippen LogP contribution in [-0.2, 0) is 9.53 Å². The number of hydrogen-bond donors (Lipinski definition) is 3. The first-order valence-corrected chi connectivity index (χ1v) is 9.84. The molecule has 1 aromatic rings. The van der Waals surface area contributed by atoms with E-state index in [1.54, 1.807) is 0 Å². The van der Waals surface area contributed by atoms with Gasteiger partial charge in [0.15, 0.2) is 5.96 Å². The van der Waals surface area contributed by atoms with Crippen LogP contribution >= 0.6 is 35.6 Å². The highest BCUT2D eigenvalue weighted by atomic mass is 127. The maximum Gasteiger partial charge on any atom is 0.226 e. The lowest BCUT2D eigenvalue weighted by Crippen LogP contribution is -2.40. The lowest BCUT2D eigenvalue weighted by Gasteiger charge is -2.25. The van der Waals surface area contributed by atoms with Gasteiger partial charge in [-0.15, -0.1) is 24.0 Å². The van der Waals surface area contributed by atoms with Crippen LogP contribution < -0.4 is 16.0 Å². The molecule has 1 fully saturated rings. The van der Waals surface area contributed by atoms with Gasteiger partial charge in [0, 0.05) is 39.1 Å². The van der Waals surface area contributed by atoms with Gasteiger partial charge >= 0.3 is 0 Å². The number of nitrogens with zero attached hydrogens (tertiary/aromatic N) is 2. The van der Waals surface area contributed by atoms with Crippen LogP contribution in [0.25, 0.3) is 0 Å². The molecule has 0 aliphatic carbocycles. The zero-order chi connectivity index (χ0) is 19.5. The molecular formula is C19H31ClIN5O2. The van der Waals surface area contributed by atoms with Crippen molar-refractivity contribution in [2.75, 3.05) is 57.8 Å². The Hall–Kier alpha value is -1.10. The second-order valence-corrected chi connectivity index (χ2v) is 6.83. The highest BCUT2D eigenvalue weighted by molar-refractivity contribution is 14.0. The van der Waals surface area contributed by atoms with Crippen LogP contribution in [-0.4, -0.2) is 69.2 Å². The summed E-state index contributed by atoms with van der Waals surface area (Å²) in [7, 11) is 0. The first-order valence-electron chi connectivity index (χ1n) is 9.46. The summed E-state index contributed by atoms with van der Waals surface area (Å²) < 4.78 is 5.35. The zero-order valence-electron chi connectivity index (χ0n) is 16.6. The van der Waals surface area contributed by atoms with Gasteiger partial charge < -0.3 is 20.7 Å². The molecule has 1 saturated heterocycles. The van der Waals surface area contributed by atoms with E-state index in [0.29, 0.717) is 30.2 Å². The molecule has 0 saturated carbocycles. The topological polar surface area (TPSA) is 78.0 Å². The van der Waals surface area contributed by atoms with Gasteiger partial charge in [0.2, 0.25) is 5.91 Å². The number of benzene rings is 1. The SMILES string of the molecule is CCNC(=NCCN1CCOCC1)NCCC(=O)Nc1ccc(C)cc1Cl.I. The van der Waals surface area contributed by atoms with Crippen molar-refractivity contribution in [3.63, 3.8) is 0 Å². The van der Waals surface area contributed by atoms with Gasteiger partial charge in [-0.25, -0.2) is 0 Å². The normalized spacial score (nSPS) is 14.9. The average Bonchev–Trinajstić information content (AvgIpc) is 2.65. The van der Waals surface area contributed by atoms with Crippen molar-refractivity contribution < 1.29 is 9.53 Å². The molecule has 0 atom stereocenters. The van der Waals surface area contributed by atoms with Crippen molar-refractivity contribution in [2.45, 2.75) is 20.3 Å². The van der Waals surface area contributed by atoms with Crippen molar-refractivity contribution in [1.29, 1.82) is 0 Å². The van der Waals surface area contributed by atoms with Crippen LogP contribution in [0.4, 0.5) is 5.69 Å². The molecular weight excluding hydrogens is 493 g/mol. The van der Waals surface area contributed by atoms with Crippen molar-refractivity contribution in [3.05, 3.63) is 28.8 Å². The Morgan fingerprint density at radius 1 is 1.29 bits per heavy atom. The Labute approximate surface area is 189 Å². The summed E-state index contributed by atoms with van der Waals surface area (Å²) in [5, 5.41) is 9.79. The summed E-state index contributed by atoms with van der Waals surface area (Å²) in [6, 6.07) is 5.57. The Morgan fingerprint density at radius 2 is 2.04 bits per heavy atom. The molecule has 0 aromatic heterocycles. The van der Waals surface area contributed by atoms with E-state index in [9.17, 15) is 4.79 Å². The summed E-state index contributed by atoms with van der Waals surface area (Å²) in [6.07, 6.45) is 0.331. The van der Waals surface area contributed by atoms with Crippen molar-refractivity contribution in [3.8, 4) is 0 Å². The molecule has 3 N–H and O–H groups in total. The van der Waals surface area contributed by atoms with E-state index in [2.05, 4.69) is 25.8 Å². The standard InChI is InChI=1S/C19H30ClN5O2.HI/c1-3-21-19(23-8-9-25-10-12-27-13-11-25)22-7-6-18(26)24-17-5-4-15(2)14-16(17)20;/h4-5,14H,3,6-13H2,1-2H3,(H,24,26)(H2,21,22,23);1H. The number of ether oxygens (including phenoxy) is 1. The molecule has 1 aliphatic rings. The molecule has 1 aliphatic heterocycles. The predicted octanol–water partition coefficient (Wildman–Crippen LogP) is 2.48. The fraction of sp³-hybridized carbons (Fsp3) is 0.579. The van der Waals surface area contributed by atoms with Crippen LogP contribution in [0.15, 0.2) is 23.2 Å². The van der Waals surface area contributed by atoms with E-state index in [-0.39, 0.29) is 29.9 Å². The number of carbonyl (C=O) groups is 1. The number of amides is 1. The van der Waals surface area contributed by atoms with Crippen LogP contribution in [0.3, 0.4) is 0 Å². The number of aliphatic imine (C=N–C) groups is 1. The molecule has 0 unspecified atom stereocenters. The molecule has 1 heterocycles. The molecule has 28 heavy (non-hydrogen) atoms. The Morgan fingerprint density at radius 3 is 2.71 bits per heavy atom. The number of anilines is 1. The molecule has 1 amide bonds. The number of carbonyl (C=O) groups excluding carboxylic acids is 1. The predicted molar refractivity (Wildman–Crippen MR) is 126 cm³/mol. The monoisotopic (exact) mass is 523 g/mol. The minimum Gasteiger partial charge on any atom is -0.379 e. The minimum atomic E-state index is -0.0857. The number of halogens is 2. The summed E-state index contributed by atoms with van der Waals surface area (Å²) in [6.45, 7) is 10.4. The molecule has 0 bridgehead atoms. The van der Waals surface area contributed by atoms with Crippen molar-refractivity contribution in [2.24, 2.45) is 4.99 Å². The lowest BCUT2D eigenvalue weighted by atomic mass is 10.2. The summed E-state index contributed by atoms with van der Waals surface area (Å²) in [4.78, 5) is 19.0. The van der Waals surface area contributed by atoms with Crippen LogP contribution in [0.5, 0.6) is 0 Å². The van der Waals surface area contributed by atoms with E-state index in [0.717, 1.165) is 50.9 Å². The van der Waals surface area contributed by atoms with Gasteiger partial charge in [-0.2, -0.15) is 0 Å².